The molecule has 0 atom stereocenters. The van der Waals surface area contributed by atoms with Gasteiger partial charge in [0.15, 0.2) is 0 Å². The van der Waals surface area contributed by atoms with Crippen molar-refractivity contribution in [1.82, 2.24) is 0 Å². The zero-order valence-electron chi connectivity index (χ0n) is 10.3. The van der Waals surface area contributed by atoms with Gasteiger partial charge in [-0.05, 0) is 55.2 Å². The van der Waals surface area contributed by atoms with Gasteiger partial charge in [-0.3, -0.25) is 0 Å². The summed E-state index contributed by atoms with van der Waals surface area (Å²) in [5, 5.41) is 0. The molecule has 1 aromatic carbocycles. The van der Waals surface area contributed by atoms with E-state index in [9.17, 15) is 4.39 Å². The molecule has 0 bridgehead atoms. The predicted octanol–water partition coefficient (Wildman–Crippen LogP) is 3.08. The molecule has 2 aliphatic rings. The van der Waals surface area contributed by atoms with E-state index in [0.717, 1.165) is 43.2 Å². The zero-order valence-corrected chi connectivity index (χ0v) is 10.3. The summed E-state index contributed by atoms with van der Waals surface area (Å²) in [6.45, 7) is 0.586. The van der Waals surface area contributed by atoms with Gasteiger partial charge in [0.2, 0.25) is 0 Å². The first-order valence-electron chi connectivity index (χ1n) is 6.78. The molecule has 92 valence electrons. The molecule has 0 aliphatic heterocycles. The number of hydrogen-bond donors (Lipinski definition) is 1. The fraction of sp³-hybridized carbons (Fsp3) is 0.600. The third kappa shape index (κ3) is 1.61. The van der Waals surface area contributed by atoms with Gasteiger partial charge in [-0.25, -0.2) is 4.39 Å². The number of nitrogens with two attached hydrogens (primary N) is 1. The zero-order chi connectivity index (χ0) is 11.9. The first-order chi connectivity index (χ1) is 8.27. The number of rotatable bonds is 2. The number of aryl methyl sites for hydroxylation is 1. The molecule has 1 nitrogen and oxygen atoms in total. The average Bonchev–Trinajstić information content (AvgIpc) is 2.31. The summed E-state index contributed by atoms with van der Waals surface area (Å²) in [4.78, 5) is 0. The lowest BCUT2D eigenvalue weighted by molar-refractivity contribution is 0.244. The van der Waals surface area contributed by atoms with Crippen LogP contribution in [0.4, 0.5) is 4.39 Å². The van der Waals surface area contributed by atoms with Crippen molar-refractivity contribution in [2.75, 3.05) is 6.54 Å². The molecule has 0 unspecified atom stereocenters. The van der Waals surface area contributed by atoms with Gasteiger partial charge >= 0.3 is 0 Å². The van der Waals surface area contributed by atoms with Crippen LogP contribution in [0.25, 0.3) is 0 Å². The minimum absolute atomic E-state index is 0.0451. The van der Waals surface area contributed by atoms with Gasteiger partial charge < -0.3 is 5.73 Å². The second kappa shape index (κ2) is 4.09. The molecule has 0 aromatic heterocycles. The highest BCUT2D eigenvalue weighted by atomic mass is 19.1. The molecule has 0 heterocycles. The Hall–Kier alpha value is -0.890. The summed E-state index contributed by atoms with van der Waals surface area (Å²) in [5.74, 6) is 0.0624. The highest BCUT2D eigenvalue weighted by molar-refractivity contribution is 5.40. The molecule has 1 saturated carbocycles. The Morgan fingerprint density at radius 1 is 1.12 bits per heavy atom. The van der Waals surface area contributed by atoms with Crippen LogP contribution < -0.4 is 5.73 Å². The van der Waals surface area contributed by atoms with Crippen LogP contribution in [0.2, 0.25) is 0 Å². The van der Waals surface area contributed by atoms with Crippen molar-refractivity contribution in [2.45, 2.75) is 50.4 Å². The number of hydrogen-bond acceptors (Lipinski definition) is 1. The highest BCUT2D eigenvalue weighted by Crippen LogP contribution is 2.45. The molecule has 2 aliphatic carbocycles. The van der Waals surface area contributed by atoms with E-state index in [0.29, 0.717) is 6.54 Å². The van der Waals surface area contributed by atoms with Crippen LogP contribution in [-0.2, 0) is 18.3 Å². The lowest BCUT2D eigenvalue weighted by atomic mass is 9.63. The summed E-state index contributed by atoms with van der Waals surface area (Å²) in [7, 11) is 0. The molecule has 1 aromatic rings. The van der Waals surface area contributed by atoms with Gasteiger partial charge in [0.1, 0.15) is 5.82 Å². The number of halogens is 1. The van der Waals surface area contributed by atoms with Gasteiger partial charge in [0.25, 0.3) is 0 Å². The Morgan fingerprint density at radius 3 is 2.53 bits per heavy atom. The third-order valence-electron chi connectivity index (χ3n) is 4.74. The van der Waals surface area contributed by atoms with Crippen molar-refractivity contribution in [2.24, 2.45) is 5.73 Å². The standard InChI is InChI=1S/C15H20FN/c16-14-12-5-2-1-4-11(12)6-7-13(14)15(10-17)8-3-9-15/h6-7H,1-5,8-10,17H2. The van der Waals surface area contributed by atoms with E-state index in [2.05, 4.69) is 6.07 Å². The maximum Gasteiger partial charge on any atom is 0.130 e. The minimum atomic E-state index is -0.0451. The smallest absolute Gasteiger partial charge is 0.130 e. The van der Waals surface area contributed by atoms with Gasteiger partial charge in [0, 0.05) is 12.0 Å². The van der Waals surface area contributed by atoms with Crippen LogP contribution in [0.1, 0.15) is 48.8 Å². The lowest BCUT2D eigenvalue weighted by Crippen LogP contribution is -2.42. The summed E-state index contributed by atoms with van der Waals surface area (Å²) in [6, 6.07) is 4.15. The maximum atomic E-state index is 14.6. The second-order valence-corrected chi connectivity index (χ2v) is 5.61. The quantitative estimate of drug-likeness (QED) is 0.834. The Kier molecular flexibility index (Phi) is 2.70. The normalized spacial score (nSPS) is 21.8. The highest BCUT2D eigenvalue weighted by Gasteiger charge is 2.40. The summed E-state index contributed by atoms with van der Waals surface area (Å²) < 4.78 is 14.6. The molecular formula is C15H20FN. The van der Waals surface area contributed by atoms with Crippen LogP contribution in [0.15, 0.2) is 12.1 Å². The van der Waals surface area contributed by atoms with E-state index in [1.807, 2.05) is 6.07 Å². The average molecular weight is 233 g/mol. The van der Waals surface area contributed by atoms with Gasteiger partial charge in [-0.15, -0.1) is 0 Å². The Bertz CT molecular complexity index is 429. The summed E-state index contributed by atoms with van der Waals surface area (Å²) in [5.41, 5.74) is 8.94. The molecule has 0 saturated heterocycles. The first-order valence-corrected chi connectivity index (χ1v) is 6.78. The first kappa shape index (κ1) is 11.2. The Morgan fingerprint density at radius 2 is 1.88 bits per heavy atom. The SMILES string of the molecule is NCC1(c2ccc3c(c2F)CCCC3)CCC1. The molecule has 2 N–H and O–H groups in total. The number of benzene rings is 1. The van der Waals surface area contributed by atoms with Crippen molar-refractivity contribution in [3.8, 4) is 0 Å². The van der Waals surface area contributed by atoms with Crippen molar-refractivity contribution in [1.29, 1.82) is 0 Å². The molecule has 0 amide bonds. The van der Waals surface area contributed by atoms with E-state index in [1.165, 1.54) is 18.4 Å². The van der Waals surface area contributed by atoms with Gasteiger partial charge in [-0.2, -0.15) is 0 Å². The number of fused-ring (bicyclic) bond motifs is 1. The molecule has 3 rings (SSSR count). The van der Waals surface area contributed by atoms with Crippen LogP contribution >= 0.6 is 0 Å². The fourth-order valence-corrected chi connectivity index (χ4v) is 3.38. The van der Waals surface area contributed by atoms with Crippen LogP contribution in [-0.4, -0.2) is 6.54 Å². The second-order valence-electron chi connectivity index (χ2n) is 5.61. The van der Waals surface area contributed by atoms with Crippen molar-refractivity contribution in [3.05, 3.63) is 34.6 Å². The van der Waals surface area contributed by atoms with E-state index >= 15 is 0 Å². The van der Waals surface area contributed by atoms with Crippen LogP contribution in [0.3, 0.4) is 0 Å². The van der Waals surface area contributed by atoms with E-state index in [-0.39, 0.29) is 11.2 Å². The van der Waals surface area contributed by atoms with Crippen molar-refractivity contribution < 1.29 is 4.39 Å². The van der Waals surface area contributed by atoms with E-state index in [1.54, 1.807) is 0 Å². The third-order valence-corrected chi connectivity index (χ3v) is 4.74. The Labute approximate surface area is 102 Å². The Balaban J connectivity index is 2.06. The molecule has 17 heavy (non-hydrogen) atoms. The van der Waals surface area contributed by atoms with Crippen LogP contribution in [0.5, 0.6) is 0 Å². The summed E-state index contributed by atoms with van der Waals surface area (Å²) >= 11 is 0. The maximum absolute atomic E-state index is 14.6. The molecule has 0 spiro atoms. The van der Waals surface area contributed by atoms with Crippen molar-refractivity contribution in [3.63, 3.8) is 0 Å². The molecule has 1 fully saturated rings. The molecule has 2 heteroatoms. The van der Waals surface area contributed by atoms with E-state index in [4.69, 9.17) is 5.73 Å². The summed E-state index contributed by atoms with van der Waals surface area (Å²) in [6.07, 6.45) is 7.58. The largest absolute Gasteiger partial charge is 0.330 e. The fourth-order valence-electron chi connectivity index (χ4n) is 3.38. The predicted molar refractivity (Wildman–Crippen MR) is 67.6 cm³/mol. The monoisotopic (exact) mass is 233 g/mol. The van der Waals surface area contributed by atoms with Crippen molar-refractivity contribution >= 4 is 0 Å². The van der Waals surface area contributed by atoms with Gasteiger partial charge in [-0.1, -0.05) is 18.6 Å². The molecular weight excluding hydrogens is 213 g/mol. The van der Waals surface area contributed by atoms with Crippen LogP contribution in [0, 0.1) is 5.82 Å². The lowest BCUT2D eigenvalue weighted by Gasteiger charge is -2.42. The molecule has 0 radical (unpaired) electrons. The topological polar surface area (TPSA) is 26.0 Å². The van der Waals surface area contributed by atoms with Gasteiger partial charge in [0.05, 0.1) is 0 Å². The van der Waals surface area contributed by atoms with E-state index < -0.39 is 0 Å². The minimum Gasteiger partial charge on any atom is -0.330 e.